The largest absolute Gasteiger partial charge is 0.444 e. The van der Waals surface area contributed by atoms with Gasteiger partial charge in [-0.3, -0.25) is 9.59 Å². The molecule has 3 aromatic rings. The molecule has 0 atom stereocenters. The lowest BCUT2D eigenvalue weighted by atomic mass is 10.0. The summed E-state index contributed by atoms with van der Waals surface area (Å²) in [6.07, 6.45) is 8.17. The summed E-state index contributed by atoms with van der Waals surface area (Å²) in [5, 5.41) is 13.0. The highest BCUT2D eigenvalue weighted by atomic mass is 32.1. The molecule has 0 spiro atoms. The van der Waals surface area contributed by atoms with Crippen LogP contribution >= 0.6 is 11.3 Å². The Bertz CT molecular complexity index is 1460. The number of carbonyl (C=O) groups excluding carboxylic acids is 3. The van der Waals surface area contributed by atoms with E-state index in [2.05, 4.69) is 15.7 Å². The summed E-state index contributed by atoms with van der Waals surface area (Å²) in [5.41, 5.74) is 0.558. The van der Waals surface area contributed by atoms with Crippen LogP contribution in [0.5, 0.6) is 0 Å². The molecule has 2 aliphatic heterocycles. The molecule has 0 bridgehead atoms. The number of piperidine rings is 2. The lowest BCUT2D eigenvalue weighted by Gasteiger charge is -2.34. The van der Waals surface area contributed by atoms with Gasteiger partial charge in [0.1, 0.15) is 21.9 Å². The highest BCUT2D eigenvalue weighted by Gasteiger charge is 2.33. The number of carbonyl (C=O) groups is 3. The van der Waals surface area contributed by atoms with Crippen LogP contribution in [0.15, 0.2) is 23.8 Å². The zero-order valence-corrected chi connectivity index (χ0v) is 25.2. The minimum absolute atomic E-state index is 0.0779. The average molecular weight is 595 g/mol. The zero-order chi connectivity index (χ0) is 29.4. The molecule has 0 radical (unpaired) electrons. The van der Waals surface area contributed by atoms with E-state index in [1.54, 1.807) is 21.7 Å². The van der Waals surface area contributed by atoms with Gasteiger partial charge in [-0.05, 0) is 59.3 Å². The van der Waals surface area contributed by atoms with Gasteiger partial charge in [-0.25, -0.2) is 19.3 Å². The molecule has 2 saturated heterocycles. The molecule has 3 aromatic heterocycles. The Morgan fingerprint density at radius 1 is 0.952 bits per heavy atom. The molecule has 13 heteroatoms. The Kier molecular flexibility index (Phi) is 7.77. The number of nitrogens with zero attached hydrogens (tertiary/aromatic N) is 6. The van der Waals surface area contributed by atoms with Crippen molar-refractivity contribution in [2.75, 3.05) is 31.5 Å². The van der Waals surface area contributed by atoms with Gasteiger partial charge in [0, 0.05) is 61.8 Å². The van der Waals surface area contributed by atoms with E-state index in [4.69, 9.17) is 14.7 Å². The number of rotatable bonds is 6. The van der Waals surface area contributed by atoms with Gasteiger partial charge in [0.2, 0.25) is 5.91 Å². The molecule has 224 valence electrons. The minimum atomic E-state index is -0.534. The number of ether oxygens (including phenoxy) is 1. The van der Waals surface area contributed by atoms with Gasteiger partial charge in [0.15, 0.2) is 5.82 Å². The van der Waals surface area contributed by atoms with Crippen molar-refractivity contribution in [1.29, 1.82) is 0 Å². The number of hydrogen-bond donors (Lipinski definition) is 2. The molecule has 1 aliphatic carbocycles. The van der Waals surface area contributed by atoms with Crippen molar-refractivity contribution in [3.05, 3.63) is 29.5 Å². The van der Waals surface area contributed by atoms with E-state index < -0.39 is 5.60 Å². The van der Waals surface area contributed by atoms with Crippen LogP contribution in [0, 0.1) is 5.92 Å². The Morgan fingerprint density at radius 2 is 1.64 bits per heavy atom. The maximum absolute atomic E-state index is 13.7. The van der Waals surface area contributed by atoms with Crippen LogP contribution in [0.25, 0.3) is 16.2 Å². The summed E-state index contributed by atoms with van der Waals surface area (Å²) in [5.74, 6) is 1.19. The summed E-state index contributed by atoms with van der Waals surface area (Å²) >= 11 is 1.54. The summed E-state index contributed by atoms with van der Waals surface area (Å²) in [6, 6.07) is 1.91. The molecule has 0 unspecified atom stereocenters. The van der Waals surface area contributed by atoms with Gasteiger partial charge in [-0.2, -0.15) is 5.10 Å². The van der Waals surface area contributed by atoms with Gasteiger partial charge in [0.25, 0.3) is 5.91 Å². The minimum Gasteiger partial charge on any atom is -0.444 e. The fourth-order valence-corrected chi connectivity index (χ4v) is 6.22. The fourth-order valence-electron chi connectivity index (χ4n) is 5.43. The first-order valence-corrected chi connectivity index (χ1v) is 15.7. The number of aromatic nitrogens is 4. The number of nitrogens with one attached hydrogen (secondary N) is 2. The smallest absolute Gasteiger partial charge is 0.410 e. The van der Waals surface area contributed by atoms with Crippen LogP contribution in [-0.4, -0.2) is 91.2 Å². The van der Waals surface area contributed by atoms with Crippen molar-refractivity contribution in [3.8, 4) is 11.4 Å². The van der Waals surface area contributed by atoms with Crippen molar-refractivity contribution >= 4 is 39.9 Å². The molecule has 6 rings (SSSR count). The number of thiazole rings is 1. The molecule has 42 heavy (non-hydrogen) atoms. The number of anilines is 1. The van der Waals surface area contributed by atoms with E-state index >= 15 is 0 Å². The van der Waals surface area contributed by atoms with Crippen LogP contribution in [0.1, 0.15) is 69.8 Å². The second-order valence-corrected chi connectivity index (χ2v) is 13.3. The third kappa shape index (κ3) is 6.50. The van der Waals surface area contributed by atoms with Crippen molar-refractivity contribution in [3.63, 3.8) is 0 Å². The summed E-state index contributed by atoms with van der Waals surface area (Å²) < 4.78 is 7.31. The van der Waals surface area contributed by atoms with Crippen LogP contribution in [-0.2, 0) is 9.53 Å². The molecular weight excluding hydrogens is 556 g/mol. The lowest BCUT2D eigenvalue weighted by Crippen LogP contribution is -2.47. The molecule has 1 saturated carbocycles. The van der Waals surface area contributed by atoms with Gasteiger partial charge in [0.05, 0.1) is 11.8 Å². The summed E-state index contributed by atoms with van der Waals surface area (Å²) in [7, 11) is 0. The number of amides is 3. The first kappa shape index (κ1) is 28.4. The summed E-state index contributed by atoms with van der Waals surface area (Å²) in [6.45, 7) is 7.86. The number of hydrogen-bond acceptors (Lipinski definition) is 9. The predicted molar refractivity (Wildman–Crippen MR) is 158 cm³/mol. The first-order chi connectivity index (χ1) is 20.1. The standard InChI is InChI=1S/C29H38N8O4S/c1-29(2,3)41-28(40)36-12-8-19(9-13-36)31-23-16-22(33-24(34-23)21-17-30-37-14-15-42-27(21)37)26(39)35-10-6-20(7-11-35)32-25(38)18-4-5-18/h14-20H,4-13H2,1-3H3,(H,32,38)(H,31,33,34). The second-order valence-electron chi connectivity index (χ2n) is 12.4. The molecular formula is C29H38N8O4S. The van der Waals surface area contributed by atoms with Crippen LogP contribution in [0.2, 0.25) is 0 Å². The third-order valence-corrected chi connectivity index (χ3v) is 8.78. The zero-order valence-electron chi connectivity index (χ0n) is 24.3. The topological polar surface area (TPSA) is 134 Å². The van der Waals surface area contributed by atoms with Crippen molar-refractivity contribution < 1.29 is 19.1 Å². The first-order valence-electron chi connectivity index (χ1n) is 14.8. The Balaban J connectivity index is 1.16. The molecule has 3 fully saturated rings. The molecule has 3 amide bonds. The Morgan fingerprint density at radius 3 is 2.33 bits per heavy atom. The lowest BCUT2D eigenvalue weighted by molar-refractivity contribution is -0.123. The van der Waals surface area contributed by atoms with Crippen LogP contribution in [0.4, 0.5) is 10.6 Å². The highest BCUT2D eigenvalue weighted by molar-refractivity contribution is 7.16. The van der Waals surface area contributed by atoms with E-state index in [-0.39, 0.29) is 35.9 Å². The maximum Gasteiger partial charge on any atom is 0.410 e. The van der Waals surface area contributed by atoms with Crippen molar-refractivity contribution in [2.45, 2.75) is 77.0 Å². The molecule has 0 aromatic carbocycles. The number of likely N-dealkylation sites (tertiary alicyclic amines) is 2. The third-order valence-electron chi connectivity index (χ3n) is 7.89. The normalized spacial score (nSPS) is 18.7. The fraction of sp³-hybridized carbons (Fsp3) is 0.586. The van der Waals surface area contributed by atoms with Gasteiger partial charge < -0.3 is 25.2 Å². The molecule has 3 aliphatic rings. The Labute approximate surface area is 248 Å². The molecule has 5 heterocycles. The van der Waals surface area contributed by atoms with E-state index in [0.717, 1.165) is 48.9 Å². The molecule has 12 nitrogen and oxygen atoms in total. The van der Waals surface area contributed by atoms with Crippen LogP contribution < -0.4 is 10.6 Å². The second kappa shape index (κ2) is 11.5. The van der Waals surface area contributed by atoms with E-state index in [1.807, 2.05) is 37.2 Å². The number of fused-ring (bicyclic) bond motifs is 1. The average Bonchev–Trinajstić information content (AvgIpc) is 3.58. The van der Waals surface area contributed by atoms with Crippen molar-refractivity contribution in [1.82, 2.24) is 34.7 Å². The van der Waals surface area contributed by atoms with E-state index in [1.165, 1.54) is 11.3 Å². The molecule has 2 N–H and O–H groups in total. The quantitative estimate of drug-likeness (QED) is 0.440. The SMILES string of the molecule is CC(C)(C)OC(=O)N1CCC(Nc2cc(C(=O)N3CCC(NC(=O)C4CC4)CC3)nc(-c3cnn4ccsc34)n2)CC1. The van der Waals surface area contributed by atoms with Gasteiger partial charge in [-0.1, -0.05) is 0 Å². The van der Waals surface area contributed by atoms with E-state index in [9.17, 15) is 14.4 Å². The van der Waals surface area contributed by atoms with Gasteiger partial charge in [-0.15, -0.1) is 11.3 Å². The summed E-state index contributed by atoms with van der Waals surface area (Å²) in [4.78, 5) is 52.4. The van der Waals surface area contributed by atoms with E-state index in [0.29, 0.717) is 43.5 Å². The monoisotopic (exact) mass is 594 g/mol. The van der Waals surface area contributed by atoms with Crippen molar-refractivity contribution in [2.24, 2.45) is 5.92 Å². The van der Waals surface area contributed by atoms with Crippen LogP contribution in [0.3, 0.4) is 0 Å². The maximum atomic E-state index is 13.7. The van der Waals surface area contributed by atoms with Gasteiger partial charge >= 0.3 is 6.09 Å². The highest BCUT2D eigenvalue weighted by Crippen LogP contribution is 2.30. The predicted octanol–water partition coefficient (Wildman–Crippen LogP) is 3.80. The Hall–Kier alpha value is -3.74.